The molecule has 158 valence electrons. The minimum atomic E-state index is -0.506. The number of benzene rings is 2. The third-order valence-corrected chi connectivity index (χ3v) is 5.48. The maximum Gasteiger partial charge on any atom is 0.237 e. The van der Waals surface area contributed by atoms with E-state index in [0.717, 1.165) is 5.69 Å². The summed E-state index contributed by atoms with van der Waals surface area (Å²) in [5.41, 5.74) is 0.834. The van der Waals surface area contributed by atoms with Crippen molar-refractivity contribution >= 4 is 23.4 Å². The molecule has 0 bridgehead atoms. The molecule has 8 heteroatoms. The highest BCUT2D eigenvalue weighted by molar-refractivity contribution is 7.99. The first kappa shape index (κ1) is 21.8. The summed E-state index contributed by atoms with van der Waals surface area (Å²) in [6.07, 6.45) is -0.506. The summed E-state index contributed by atoms with van der Waals surface area (Å²) in [4.78, 5) is 14.2. The standard InChI is InChI=1S/C22H25FN4O2S/c1-15(2)27-21(16(3)29-19-13-9-8-12-18(19)23)24-25-22(27)30-14-20(28)26(4)17-10-6-5-7-11-17/h5-13,15-16H,14H2,1-4H3. The van der Waals surface area contributed by atoms with Crippen molar-refractivity contribution < 1.29 is 13.9 Å². The van der Waals surface area contributed by atoms with E-state index in [1.807, 2.05) is 48.7 Å². The van der Waals surface area contributed by atoms with Gasteiger partial charge in [0.05, 0.1) is 5.75 Å². The fourth-order valence-corrected chi connectivity index (χ4v) is 3.94. The van der Waals surface area contributed by atoms with Gasteiger partial charge in [-0.05, 0) is 45.0 Å². The quantitative estimate of drug-likeness (QED) is 0.478. The Morgan fingerprint density at radius 3 is 2.43 bits per heavy atom. The predicted octanol–water partition coefficient (Wildman–Crippen LogP) is 4.89. The molecular formula is C22H25FN4O2S. The smallest absolute Gasteiger partial charge is 0.237 e. The number of halogens is 1. The molecule has 0 aliphatic carbocycles. The summed E-state index contributed by atoms with van der Waals surface area (Å²) < 4.78 is 21.6. The number of rotatable bonds is 8. The molecule has 1 unspecified atom stereocenters. The Bertz CT molecular complexity index is 994. The molecule has 1 heterocycles. The van der Waals surface area contributed by atoms with Crippen molar-refractivity contribution in [3.63, 3.8) is 0 Å². The summed E-state index contributed by atoms with van der Waals surface area (Å²) in [5.74, 6) is 0.501. The minimum absolute atomic E-state index is 0.0401. The van der Waals surface area contributed by atoms with Gasteiger partial charge in [0.25, 0.3) is 0 Å². The second kappa shape index (κ2) is 9.75. The van der Waals surface area contributed by atoms with Crippen LogP contribution in [0.15, 0.2) is 59.8 Å². The molecule has 0 spiro atoms. The number of para-hydroxylation sites is 2. The zero-order valence-corrected chi connectivity index (χ0v) is 18.3. The average molecular weight is 429 g/mol. The van der Waals surface area contributed by atoms with E-state index in [-0.39, 0.29) is 23.5 Å². The van der Waals surface area contributed by atoms with Crippen LogP contribution in [0.2, 0.25) is 0 Å². The maximum absolute atomic E-state index is 13.9. The van der Waals surface area contributed by atoms with Gasteiger partial charge in [-0.25, -0.2) is 4.39 Å². The van der Waals surface area contributed by atoms with Gasteiger partial charge in [-0.3, -0.25) is 4.79 Å². The van der Waals surface area contributed by atoms with Crippen LogP contribution in [0.4, 0.5) is 10.1 Å². The number of ether oxygens (including phenoxy) is 1. The number of carbonyl (C=O) groups excluding carboxylic acids is 1. The summed E-state index contributed by atoms with van der Waals surface area (Å²) >= 11 is 1.32. The SMILES string of the molecule is CC(Oc1ccccc1F)c1nnc(SCC(=O)N(C)c2ccccc2)n1C(C)C. The molecule has 0 N–H and O–H groups in total. The van der Waals surface area contributed by atoms with Crippen LogP contribution in [0.3, 0.4) is 0 Å². The van der Waals surface area contributed by atoms with Crippen molar-refractivity contribution in [2.75, 3.05) is 17.7 Å². The summed E-state index contributed by atoms with van der Waals surface area (Å²) in [5, 5.41) is 9.15. The molecule has 3 aromatic rings. The van der Waals surface area contributed by atoms with E-state index in [4.69, 9.17) is 4.74 Å². The first-order chi connectivity index (χ1) is 14.4. The number of hydrogen-bond donors (Lipinski definition) is 0. The number of aromatic nitrogens is 3. The van der Waals surface area contributed by atoms with Gasteiger partial charge in [0.15, 0.2) is 28.7 Å². The Balaban J connectivity index is 1.72. The normalized spacial score (nSPS) is 12.1. The summed E-state index contributed by atoms with van der Waals surface area (Å²) in [6, 6.07) is 15.8. The number of thioether (sulfide) groups is 1. The van der Waals surface area contributed by atoms with Gasteiger partial charge < -0.3 is 14.2 Å². The molecule has 0 fully saturated rings. The van der Waals surface area contributed by atoms with Crippen LogP contribution in [0.25, 0.3) is 0 Å². The van der Waals surface area contributed by atoms with E-state index in [2.05, 4.69) is 10.2 Å². The second-order valence-electron chi connectivity index (χ2n) is 7.07. The molecule has 0 aliphatic heterocycles. The molecule has 1 aromatic heterocycles. The van der Waals surface area contributed by atoms with Crippen molar-refractivity contribution in [2.24, 2.45) is 0 Å². The number of nitrogens with zero attached hydrogens (tertiary/aromatic N) is 4. The number of hydrogen-bond acceptors (Lipinski definition) is 5. The van der Waals surface area contributed by atoms with Gasteiger partial charge in [0, 0.05) is 18.8 Å². The highest BCUT2D eigenvalue weighted by atomic mass is 32.2. The number of carbonyl (C=O) groups is 1. The van der Waals surface area contributed by atoms with Crippen LogP contribution in [-0.4, -0.2) is 33.5 Å². The van der Waals surface area contributed by atoms with Crippen LogP contribution in [0.5, 0.6) is 5.75 Å². The number of anilines is 1. The zero-order valence-electron chi connectivity index (χ0n) is 17.4. The lowest BCUT2D eigenvalue weighted by atomic mass is 10.3. The lowest BCUT2D eigenvalue weighted by molar-refractivity contribution is -0.115. The molecule has 30 heavy (non-hydrogen) atoms. The third-order valence-electron chi connectivity index (χ3n) is 4.55. The molecule has 1 amide bonds. The largest absolute Gasteiger partial charge is 0.480 e. The van der Waals surface area contributed by atoms with Crippen LogP contribution in [0.1, 0.15) is 38.7 Å². The lowest BCUT2D eigenvalue weighted by Crippen LogP contribution is -2.28. The molecule has 0 saturated heterocycles. The van der Waals surface area contributed by atoms with Crippen molar-refractivity contribution in [3.8, 4) is 5.75 Å². The topological polar surface area (TPSA) is 60.3 Å². The average Bonchev–Trinajstić information content (AvgIpc) is 3.18. The Kier molecular flexibility index (Phi) is 7.10. The monoisotopic (exact) mass is 428 g/mol. The van der Waals surface area contributed by atoms with Crippen molar-refractivity contribution in [1.82, 2.24) is 14.8 Å². The van der Waals surface area contributed by atoms with Crippen LogP contribution < -0.4 is 9.64 Å². The molecule has 0 aliphatic rings. The first-order valence-electron chi connectivity index (χ1n) is 9.69. The Labute approximate surface area is 180 Å². The van der Waals surface area contributed by atoms with Crippen molar-refractivity contribution in [1.29, 1.82) is 0 Å². The van der Waals surface area contributed by atoms with Gasteiger partial charge in [-0.1, -0.05) is 42.1 Å². The first-order valence-corrected chi connectivity index (χ1v) is 10.7. The molecule has 3 rings (SSSR count). The van der Waals surface area contributed by atoms with E-state index < -0.39 is 11.9 Å². The zero-order chi connectivity index (χ0) is 21.7. The van der Waals surface area contributed by atoms with Crippen LogP contribution in [-0.2, 0) is 4.79 Å². The van der Waals surface area contributed by atoms with Gasteiger partial charge in [0.2, 0.25) is 5.91 Å². The molecule has 2 aromatic carbocycles. The van der Waals surface area contributed by atoms with E-state index in [0.29, 0.717) is 11.0 Å². The molecular weight excluding hydrogens is 403 g/mol. The van der Waals surface area contributed by atoms with Gasteiger partial charge in [0.1, 0.15) is 0 Å². The predicted molar refractivity (Wildman–Crippen MR) is 116 cm³/mol. The van der Waals surface area contributed by atoms with Crippen LogP contribution >= 0.6 is 11.8 Å². The molecule has 1 atom stereocenters. The minimum Gasteiger partial charge on any atom is -0.480 e. The summed E-state index contributed by atoms with van der Waals surface area (Å²) in [7, 11) is 1.75. The highest BCUT2D eigenvalue weighted by Crippen LogP contribution is 2.29. The molecule has 0 saturated carbocycles. The molecule has 6 nitrogen and oxygen atoms in total. The van der Waals surface area contributed by atoms with Gasteiger partial charge in [-0.2, -0.15) is 0 Å². The number of amides is 1. The van der Waals surface area contributed by atoms with Crippen molar-refractivity contribution in [2.45, 2.75) is 38.1 Å². The highest BCUT2D eigenvalue weighted by Gasteiger charge is 2.23. The van der Waals surface area contributed by atoms with E-state index in [9.17, 15) is 9.18 Å². The Morgan fingerprint density at radius 2 is 1.77 bits per heavy atom. The molecule has 0 radical (unpaired) electrons. The fraction of sp³-hybridized carbons (Fsp3) is 0.318. The fourth-order valence-electron chi connectivity index (χ4n) is 2.95. The second-order valence-corrected chi connectivity index (χ2v) is 8.01. The van der Waals surface area contributed by atoms with E-state index in [1.165, 1.54) is 17.8 Å². The Morgan fingerprint density at radius 1 is 1.10 bits per heavy atom. The maximum atomic E-state index is 13.9. The van der Waals surface area contributed by atoms with E-state index in [1.54, 1.807) is 37.1 Å². The van der Waals surface area contributed by atoms with Crippen LogP contribution in [0, 0.1) is 5.82 Å². The van der Waals surface area contributed by atoms with Crippen molar-refractivity contribution in [3.05, 3.63) is 66.2 Å². The third kappa shape index (κ3) is 4.99. The van der Waals surface area contributed by atoms with Gasteiger partial charge >= 0.3 is 0 Å². The van der Waals surface area contributed by atoms with E-state index >= 15 is 0 Å². The lowest BCUT2D eigenvalue weighted by Gasteiger charge is -2.20. The summed E-state index contributed by atoms with van der Waals surface area (Å²) in [6.45, 7) is 5.81. The van der Waals surface area contributed by atoms with Gasteiger partial charge in [-0.15, -0.1) is 10.2 Å². The Hall–Kier alpha value is -2.87.